The number of halogens is 2. The van der Waals surface area contributed by atoms with Crippen LogP contribution >= 0.6 is 35.3 Å². The van der Waals surface area contributed by atoms with Crippen molar-refractivity contribution in [3.63, 3.8) is 0 Å². The molecule has 3 nitrogen and oxygen atoms in total. The zero-order valence-corrected chi connectivity index (χ0v) is 13.7. The summed E-state index contributed by atoms with van der Waals surface area (Å²) in [5.74, 6) is 0.520. The zero-order chi connectivity index (χ0) is 13.3. The molecular formula is C14H20Cl2N2OS. The first-order valence-electron chi connectivity index (χ1n) is 6.92. The van der Waals surface area contributed by atoms with Gasteiger partial charge in [0.15, 0.2) is 0 Å². The van der Waals surface area contributed by atoms with E-state index in [9.17, 15) is 4.79 Å². The average Bonchev–Trinajstić information content (AvgIpc) is 2.93. The van der Waals surface area contributed by atoms with Crippen molar-refractivity contribution in [1.29, 1.82) is 0 Å². The van der Waals surface area contributed by atoms with Crippen LogP contribution < -0.4 is 10.6 Å². The molecule has 1 saturated heterocycles. The maximum Gasteiger partial charge on any atom is 0.223 e. The van der Waals surface area contributed by atoms with Crippen molar-refractivity contribution in [3.8, 4) is 0 Å². The van der Waals surface area contributed by atoms with E-state index in [1.807, 2.05) is 12.1 Å². The Bertz CT molecular complexity index is 471. The van der Waals surface area contributed by atoms with E-state index in [4.69, 9.17) is 11.6 Å². The lowest BCUT2D eigenvalue weighted by Crippen LogP contribution is -2.34. The van der Waals surface area contributed by atoms with Gasteiger partial charge in [-0.1, -0.05) is 11.6 Å². The second kappa shape index (κ2) is 6.65. The summed E-state index contributed by atoms with van der Waals surface area (Å²) in [4.78, 5) is 13.4. The number of rotatable bonds is 4. The van der Waals surface area contributed by atoms with E-state index in [-0.39, 0.29) is 24.2 Å². The Labute approximate surface area is 134 Å². The summed E-state index contributed by atoms with van der Waals surface area (Å²) in [5.41, 5.74) is 0.335. The molecule has 1 aliphatic carbocycles. The van der Waals surface area contributed by atoms with Crippen molar-refractivity contribution in [3.05, 3.63) is 21.3 Å². The number of hydrogen-bond acceptors (Lipinski definition) is 3. The Hall–Kier alpha value is -0.290. The van der Waals surface area contributed by atoms with E-state index in [2.05, 4.69) is 10.6 Å². The molecule has 1 aliphatic heterocycles. The Morgan fingerprint density at radius 3 is 2.85 bits per heavy atom. The molecule has 20 heavy (non-hydrogen) atoms. The van der Waals surface area contributed by atoms with Crippen LogP contribution in [0.5, 0.6) is 0 Å². The number of carbonyl (C=O) groups is 1. The Morgan fingerprint density at radius 2 is 2.20 bits per heavy atom. The van der Waals surface area contributed by atoms with Gasteiger partial charge in [-0.25, -0.2) is 0 Å². The fourth-order valence-electron chi connectivity index (χ4n) is 3.11. The van der Waals surface area contributed by atoms with Gasteiger partial charge in [-0.15, -0.1) is 23.7 Å². The van der Waals surface area contributed by atoms with Crippen molar-refractivity contribution >= 4 is 41.3 Å². The molecule has 1 aromatic heterocycles. The standard InChI is InChI=1S/C14H19ClN2OS.ClH/c15-12-2-1-10(19-12)3-6-17-13(18)11-9-14(11)4-7-16-8-5-14;/h1-2,11,16H,3-9H2,(H,17,18);1H. The first-order valence-corrected chi connectivity index (χ1v) is 8.12. The molecule has 1 aromatic rings. The van der Waals surface area contributed by atoms with E-state index in [0.29, 0.717) is 5.41 Å². The van der Waals surface area contributed by atoms with Crippen molar-refractivity contribution in [2.24, 2.45) is 11.3 Å². The van der Waals surface area contributed by atoms with Crippen molar-refractivity contribution in [2.45, 2.75) is 25.7 Å². The fraction of sp³-hybridized carbons (Fsp3) is 0.643. The predicted octanol–water partition coefficient (Wildman–Crippen LogP) is 2.87. The van der Waals surface area contributed by atoms with Gasteiger partial charge < -0.3 is 10.6 Å². The number of thiophene rings is 1. The average molecular weight is 335 g/mol. The van der Waals surface area contributed by atoms with Crippen molar-refractivity contribution in [1.82, 2.24) is 10.6 Å². The lowest BCUT2D eigenvalue weighted by Gasteiger charge is -2.23. The topological polar surface area (TPSA) is 41.1 Å². The Kier molecular flexibility index (Phi) is 5.35. The van der Waals surface area contributed by atoms with Gasteiger partial charge in [0.25, 0.3) is 0 Å². The molecule has 1 unspecified atom stereocenters. The second-order valence-corrected chi connectivity index (χ2v) is 7.42. The van der Waals surface area contributed by atoms with Crippen LogP contribution in [0.1, 0.15) is 24.1 Å². The van der Waals surface area contributed by atoms with Crippen LogP contribution in [-0.2, 0) is 11.2 Å². The number of amides is 1. The third-order valence-electron chi connectivity index (χ3n) is 4.41. The molecule has 2 aliphatic rings. The van der Waals surface area contributed by atoms with Crippen molar-refractivity contribution < 1.29 is 4.79 Å². The summed E-state index contributed by atoms with van der Waals surface area (Å²) in [6, 6.07) is 3.94. The largest absolute Gasteiger partial charge is 0.355 e. The minimum atomic E-state index is 0. The smallest absolute Gasteiger partial charge is 0.223 e. The number of nitrogens with one attached hydrogen (secondary N) is 2. The minimum Gasteiger partial charge on any atom is -0.355 e. The first kappa shape index (κ1) is 16.1. The highest BCUT2D eigenvalue weighted by Gasteiger charge is 2.57. The van der Waals surface area contributed by atoms with Gasteiger partial charge in [-0.3, -0.25) is 4.79 Å². The summed E-state index contributed by atoms with van der Waals surface area (Å²) in [5, 5.41) is 6.44. The molecule has 2 N–H and O–H groups in total. The highest BCUT2D eigenvalue weighted by atomic mass is 35.5. The second-order valence-electron chi connectivity index (χ2n) is 5.62. The molecule has 1 amide bonds. The molecule has 1 saturated carbocycles. The molecule has 112 valence electrons. The SMILES string of the molecule is Cl.O=C(NCCc1ccc(Cl)s1)C1CC12CCNCC2. The van der Waals surface area contributed by atoms with Gasteiger partial charge in [0.1, 0.15) is 0 Å². The first-order chi connectivity index (χ1) is 9.20. The van der Waals surface area contributed by atoms with E-state index < -0.39 is 0 Å². The summed E-state index contributed by atoms with van der Waals surface area (Å²) in [7, 11) is 0. The van der Waals surface area contributed by atoms with Crippen molar-refractivity contribution in [2.75, 3.05) is 19.6 Å². The van der Waals surface area contributed by atoms with E-state index in [1.54, 1.807) is 11.3 Å². The van der Waals surface area contributed by atoms with Crippen LogP contribution in [0.4, 0.5) is 0 Å². The highest BCUT2D eigenvalue weighted by Crippen LogP contribution is 2.58. The summed E-state index contributed by atoms with van der Waals surface area (Å²) < 4.78 is 0.817. The molecule has 3 rings (SSSR count). The van der Waals surface area contributed by atoms with Gasteiger partial charge >= 0.3 is 0 Å². The van der Waals surface area contributed by atoms with Crippen LogP contribution in [0.2, 0.25) is 4.34 Å². The van der Waals surface area contributed by atoms with Crippen LogP contribution in [0.15, 0.2) is 12.1 Å². The lowest BCUT2D eigenvalue weighted by molar-refractivity contribution is -0.123. The molecule has 1 spiro atoms. The van der Waals surface area contributed by atoms with Crippen LogP contribution in [0.3, 0.4) is 0 Å². The van der Waals surface area contributed by atoms with Gasteiger partial charge in [0.05, 0.1) is 4.34 Å². The van der Waals surface area contributed by atoms with Gasteiger partial charge in [-0.2, -0.15) is 0 Å². The Balaban J connectivity index is 0.00000147. The molecule has 0 bridgehead atoms. The number of piperidine rings is 1. The van der Waals surface area contributed by atoms with Crippen LogP contribution in [-0.4, -0.2) is 25.5 Å². The molecule has 0 aromatic carbocycles. The van der Waals surface area contributed by atoms with E-state index >= 15 is 0 Å². The fourth-order valence-corrected chi connectivity index (χ4v) is 4.20. The maximum absolute atomic E-state index is 12.1. The van der Waals surface area contributed by atoms with E-state index in [1.165, 1.54) is 4.88 Å². The quantitative estimate of drug-likeness (QED) is 0.888. The van der Waals surface area contributed by atoms with Crippen LogP contribution in [0.25, 0.3) is 0 Å². The maximum atomic E-state index is 12.1. The third-order valence-corrected chi connectivity index (χ3v) is 5.70. The molecular weight excluding hydrogens is 315 g/mol. The predicted molar refractivity (Wildman–Crippen MR) is 85.9 cm³/mol. The lowest BCUT2D eigenvalue weighted by atomic mass is 9.92. The van der Waals surface area contributed by atoms with Gasteiger partial charge in [0.2, 0.25) is 5.91 Å². The normalized spacial score (nSPS) is 23.1. The monoisotopic (exact) mass is 334 g/mol. The molecule has 1 atom stereocenters. The summed E-state index contributed by atoms with van der Waals surface area (Å²) in [6.07, 6.45) is 4.28. The molecule has 0 radical (unpaired) electrons. The number of carbonyl (C=O) groups excluding carboxylic acids is 1. The van der Waals surface area contributed by atoms with Crippen LogP contribution in [0, 0.1) is 11.3 Å². The van der Waals surface area contributed by atoms with Gasteiger partial charge in [0, 0.05) is 17.3 Å². The van der Waals surface area contributed by atoms with E-state index in [0.717, 1.165) is 49.7 Å². The summed E-state index contributed by atoms with van der Waals surface area (Å²) in [6.45, 7) is 2.86. The minimum absolute atomic E-state index is 0. The molecule has 2 heterocycles. The van der Waals surface area contributed by atoms with Gasteiger partial charge in [-0.05, 0) is 56.3 Å². The zero-order valence-electron chi connectivity index (χ0n) is 11.3. The number of hydrogen-bond donors (Lipinski definition) is 2. The Morgan fingerprint density at radius 1 is 1.45 bits per heavy atom. The molecule has 2 fully saturated rings. The summed E-state index contributed by atoms with van der Waals surface area (Å²) >= 11 is 7.48. The third kappa shape index (κ3) is 3.48. The highest BCUT2D eigenvalue weighted by molar-refractivity contribution is 7.16. The molecule has 6 heteroatoms.